The first-order chi connectivity index (χ1) is 8.63. The molecule has 0 unspecified atom stereocenters. The van der Waals surface area contributed by atoms with Gasteiger partial charge in [0.15, 0.2) is 0 Å². The van der Waals surface area contributed by atoms with E-state index in [9.17, 15) is 9.59 Å². The summed E-state index contributed by atoms with van der Waals surface area (Å²) in [4.78, 5) is 24.9. The van der Waals surface area contributed by atoms with Crippen molar-refractivity contribution in [3.05, 3.63) is 22.4 Å². The Morgan fingerprint density at radius 3 is 2.83 bits per heavy atom. The third-order valence-electron chi connectivity index (χ3n) is 2.33. The number of hydrogen-bond acceptors (Lipinski definition) is 3. The predicted octanol–water partition coefficient (Wildman–Crippen LogP) is 1.80. The van der Waals surface area contributed by atoms with Crippen molar-refractivity contribution in [2.45, 2.75) is 19.8 Å². The summed E-state index contributed by atoms with van der Waals surface area (Å²) in [6, 6.07) is 3.67. The molecule has 100 valence electrons. The Hall–Kier alpha value is -1.56. The Morgan fingerprint density at radius 1 is 1.50 bits per heavy atom. The molecule has 1 aromatic heterocycles. The third kappa shape index (κ3) is 5.18. The SMILES string of the molecule is CCCN(CC(=O)O)C(=O)NCCc1cccs1. The summed E-state index contributed by atoms with van der Waals surface area (Å²) in [5, 5.41) is 13.4. The molecule has 18 heavy (non-hydrogen) atoms. The highest BCUT2D eigenvalue weighted by molar-refractivity contribution is 7.09. The number of nitrogens with zero attached hydrogens (tertiary/aromatic N) is 1. The maximum atomic E-state index is 11.8. The highest BCUT2D eigenvalue weighted by atomic mass is 32.1. The Kier molecular flexibility index (Phi) is 6.21. The number of rotatable bonds is 7. The molecular formula is C12H18N2O3S. The molecular weight excluding hydrogens is 252 g/mol. The molecule has 1 aromatic rings. The van der Waals surface area contributed by atoms with Crippen LogP contribution in [0.5, 0.6) is 0 Å². The van der Waals surface area contributed by atoms with Gasteiger partial charge in [-0.15, -0.1) is 11.3 Å². The number of thiophene rings is 1. The van der Waals surface area contributed by atoms with Crippen LogP contribution in [0, 0.1) is 0 Å². The van der Waals surface area contributed by atoms with Crippen LogP contribution in [-0.4, -0.2) is 41.6 Å². The van der Waals surface area contributed by atoms with Gasteiger partial charge in [-0.1, -0.05) is 13.0 Å². The predicted molar refractivity (Wildman–Crippen MR) is 70.9 cm³/mol. The Morgan fingerprint density at radius 2 is 2.28 bits per heavy atom. The summed E-state index contributed by atoms with van der Waals surface area (Å²) in [7, 11) is 0. The van der Waals surface area contributed by atoms with Crippen LogP contribution < -0.4 is 5.32 Å². The van der Waals surface area contributed by atoms with Gasteiger partial charge < -0.3 is 15.3 Å². The van der Waals surface area contributed by atoms with E-state index in [2.05, 4.69) is 5.32 Å². The first-order valence-electron chi connectivity index (χ1n) is 5.90. The van der Waals surface area contributed by atoms with Crippen LogP contribution in [0.3, 0.4) is 0 Å². The summed E-state index contributed by atoms with van der Waals surface area (Å²) in [5.74, 6) is -0.989. The number of amides is 2. The summed E-state index contributed by atoms with van der Waals surface area (Å²) < 4.78 is 0. The number of carbonyl (C=O) groups excluding carboxylic acids is 1. The average Bonchev–Trinajstić information content (AvgIpc) is 2.81. The van der Waals surface area contributed by atoms with Crippen LogP contribution in [0.15, 0.2) is 17.5 Å². The van der Waals surface area contributed by atoms with E-state index >= 15 is 0 Å². The molecule has 0 saturated heterocycles. The maximum Gasteiger partial charge on any atom is 0.323 e. The molecule has 5 nitrogen and oxygen atoms in total. The molecule has 0 spiro atoms. The highest BCUT2D eigenvalue weighted by Gasteiger charge is 2.14. The molecule has 2 amide bonds. The molecule has 1 rings (SSSR count). The van der Waals surface area contributed by atoms with E-state index in [1.165, 1.54) is 9.78 Å². The Balaban J connectivity index is 2.34. The van der Waals surface area contributed by atoms with Crippen molar-refractivity contribution in [1.82, 2.24) is 10.2 Å². The number of urea groups is 1. The zero-order valence-corrected chi connectivity index (χ0v) is 11.2. The van der Waals surface area contributed by atoms with E-state index in [0.29, 0.717) is 13.1 Å². The van der Waals surface area contributed by atoms with E-state index in [1.807, 2.05) is 24.4 Å². The quantitative estimate of drug-likeness (QED) is 0.793. The number of carbonyl (C=O) groups is 2. The van der Waals surface area contributed by atoms with E-state index in [1.54, 1.807) is 11.3 Å². The second-order valence-electron chi connectivity index (χ2n) is 3.88. The Labute approximate surface area is 110 Å². The van der Waals surface area contributed by atoms with E-state index in [4.69, 9.17) is 5.11 Å². The van der Waals surface area contributed by atoms with Gasteiger partial charge in [-0.05, 0) is 24.3 Å². The van der Waals surface area contributed by atoms with Gasteiger partial charge in [0.1, 0.15) is 6.54 Å². The summed E-state index contributed by atoms with van der Waals surface area (Å²) >= 11 is 1.64. The summed E-state index contributed by atoms with van der Waals surface area (Å²) in [5.41, 5.74) is 0. The average molecular weight is 270 g/mol. The lowest BCUT2D eigenvalue weighted by molar-refractivity contribution is -0.137. The van der Waals surface area contributed by atoms with Crippen LogP contribution in [0.25, 0.3) is 0 Å². The zero-order valence-electron chi connectivity index (χ0n) is 10.4. The van der Waals surface area contributed by atoms with Gasteiger partial charge in [0.05, 0.1) is 0 Å². The van der Waals surface area contributed by atoms with Crippen molar-refractivity contribution in [1.29, 1.82) is 0 Å². The van der Waals surface area contributed by atoms with E-state index < -0.39 is 5.97 Å². The number of aliphatic carboxylic acids is 1. The molecule has 0 aliphatic heterocycles. The molecule has 0 saturated carbocycles. The second-order valence-corrected chi connectivity index (χ2v) is 4.91. The van der Waals surface area contributed by atoms with Crippen molar-refractivity contribution in [2.75, 3.05) is 19.6 Å². The van der Waals surface area contributed by atoms with Crippen LogP contribution in [-0.2, 0) is 11.2 Å². The lowest BCUT2D eigenvalue weighted by atomic mass is 10.3. The molecule has 0 bridgehead atoms. The highest BCUT2D eigenvalue weighted by Crippen LogP contribution is 2.08. The normalized spacial score (nSPS) is 10.1. The van der Waals surface area contributed by atoms with Crippen molar-refractivity contribution in [3.8, 4) is 0 Å². The minimum absolute atomic E-state index is 0.251. The summed E-state index contributed by atoms with van der Waals surface area (Å²) in [6.45, 7) is 2.64. The monoisotopic (exact) mass is 270 g/mol. The van der Waals surface area contributed by atoms with Crippen LogP contribution in [0.1, 0.15) is 18.2 Å². The van der Waals surface area contributed by atoms with Crippen molar-refractivity contribution in [2.24, 2.45) is 0 Å². The smallest absolute Gasteiger partial charge is 0.323 e. The lowest BCUT2D eigenvalue weighted by Crippen LogP contribution is -2.43. The first-order valence-corrected chi connectivity index (χ1v) is 6.78. The van der Waals surface area contributed by atoms with Crippen molar-refractivity contribution < 1.29 is 14.7 Å². The number of hydrogen-bond donors (Lipinski definition) is 2. The van der Waals surface area contributed by atoms with Gasteiger partial charge in [-0.25, -0.2) is 4.79 Å². The van der Waals surface area contributed by atoms with Crippen molar-refractivity contribution >= 4 is 23.3 Å². The van der Waals surface area contributed by atoms with Gasteiger partial charge in [-0.3, -0.25) is 4.79 Å². The van der Waals surface area contributed by atoms with E-state index in [-0.39, 0.29) is 12.6 Å². The van der Waals surface area contributed by atoms with Crippen LogP contribution >= 0.6 is 11.3 Å². The molecule has 0 atom stereocenters. The molecule has 2 N–H and O–H groups in total. The fraction of sp³-hybridized carbons (Fsp3) is 0.500. The fourth-order valence-corrected chi connectivity index (χ4v) is 2.25. The largest absolute Gasteiger partial charge is 0.480 e. The first kappa shape index (κ1) is 14.5. The van der Waals surface area contributed by atoms with Crippen LogP contribution in [0.2, 0.25) is 0 Å². The molecule has 6 heteroatoms. The second kappa shape index (κ2) is 7.71. The number of carboxylic acids is 1. The van der Waals surface area contributed by atoms with Gasteiger partial charge in [0.2, 0.25) is 0 Å². The van der Waals surface area contributed by atoms with Gasteiger partial charge in [0.25, 0.3) is 0 Å². The topological polar surface area (TPSA) is 69.6 Å². The maximum absolute atomic E-state index is 11.8. The molecule has 0 aliphatic rings. The minimum Gasteiger partial charge on any atom is -0.480 e. The van der Waals surface area contributed by atoms with E-state index in [0.717, 1.165) is 12.8 Å². The third-order valence-corrected chi connectivity index (χ3v) is 3.27. The zero-order chi connectivity index (χ0) is 13.4. The molecule has 0 aromatic carbocycles. The lowest BCUT2D eigenvalue weighted by Gasteiger charge is -2.20. The fourth-order valence-electron chi connectivity index (χ4n) is 1.54. The number of carboxylic acid groups (broad SMARTS) is 1. The molecule has 1 heterocycles. The molecule has 0 fully saturated rings. The Bertz CT molecular complexity index is 379. The summed E-state index contributed by atoms with van der Waals surface area (Å²) in [6.07, 6.45) is 1.52. The van der Waals surface area contributed by atoms with Crippen molar-refractivity contribution in [3.63, 3.8) is 0 Å². The van der Waals surface area contributed by atoms with Gasteiger partial charge >= 0.3 is 12.0 Å². The standard InChI is InChI=1S/C12H18N2O3S/c1-2-7-14(9-11(15)16)12(17)13-6-5-10-4-3-8-18-10/h3-4,8H,2,5-7,9H2,1H3,(H,13,17)(H,15,16). The van der Waals surface area contributed by atoms with Gasteiger partial charge in [-0.2, -0.15) is 0 Å². The van der Waals surface area contributed by atoms with Crippen LogP contribution in [0.4, 0.5) is 4.79 Å². The molecule has 0 radical (unpaired) electrons. The van der Waals surface area contributed by atoms with Gasteiger partial charge in [0, 0.05) is 18.0 Å². The molecule has 0 aliphatic carbocycles. The number of nitrogens with one attached hydrogen (secondary N) is 1. The minimum atomic E-state index is -0.989.